The van der Waals surface area contributed by atoms with E-state index in [0.717, 1.165) is 74.4 Å². The maximum atomic E-state index is 4.46. The van der Waals surface area contributed by atoms with Gasteiger partial charge in [0.15, 0.2) is 0 Å². The third kappa shape index (κ3) is 2.63. The number of nitrogens with zero attached hydrogens (tertiary/aromatic N) is 4. The molecule has 2 aromatic heterocycles. The topological polar surface area (TPSA) is 42.5 Å². The standard InChI is InChI=1S/C9H8N4.2Pb/c1-6-4-13-5-8(10-3)12-7(2)9(13)11-6;;/h4-5H,1-2H3;;. The van der Waals surface area contributed by atoms with Crippen molar-refractivity contribution in [2.24, 2.45) is 4.99 Å². The van der Waals surface area contributed by atoms with Crippen LogP contribution in [0.4, 0.5) is 5.82 Å². The summed E-state index contributed by atoms with van der Waals surface area (Å²) in [6.07, 6.45) is 3.95. The number of aryl methyl sites for hydroxylation is 2. The van der Waals surface area contributed by atoms with Crippen LogP contribution in [-0.2, 0) is 0 Å². The summed E-state index contributed by atoms with van der Waals surface area (Å²) < 4.78 is 3.28. The molecule has 0 unspecified atom stereocenters. The molecule has 2 aromatic rings. The molecule has 0 spiro atoms. The molecule has 0 amide bonds. The van der Waals surface area contributed by atoms with Crippen molar-refractivity contribution in [3.05, 3.63) is 23.8 Å². The van der Waals surface area contributed by atoms with E-state index in [-0.39, 0.29) is 0 Å². The van der Waals surface area contributed by atoms with Crippen LogP contribution in [0.25, 0.3) is 5.65 Å². The fourth-order valence-corrected chi connectivity index (χ4v) is 2.32. The molecule has 4 nitrogen and oxygen atoms in total. The molecule has 6 radical (unpaired) electrons. The van der Waals surface area contributed by atoms with Crippen LogP contribution in [0.1, 0.15) is 11.4 Å². The quantitative estimate of drug-likeness (QED) is 0.365. The summed E-state index contributed by atoms with van der Waals surface area (Å²) in [4.78, 5) is 13.3. The van der Waals surface area contributed by atoms with Crippen LogP contribution in [0.15, 0.2) is 17.4 Å². The molecule has 0 saturated carbocycles. The molecule has 2 heterocycles. The molecule has 0 saturated heterocycles. The van der Waals surface area contributed by atoms with Gasteiger partial charge >= 0.3 is 121 Å². The van der Waals surface area contributed by atoms with Crippen molar-refractivity contribution >= 4 is 63.8 Å². The summed E-state index contributed by atoms with van der Waals surface area (Å²) in [5.41, 5.74) is 2.88. The fourth-order valence-electron chi connectivity index (χ4n) is 1.43. The molecule has 15 heavy (non-hydrogen) atoms. The van der Waals surface area contributed by atoms with E-state index >= 15 is 0 Å². The Labute approximate surface area is 120 Å². The van der Waals surface area contributed by atoms with Gasteiger partial charge in [-0.15, -0.1) is 0 Å². The third-order valence-electron chi connectivity index (χ3n) is 1.94. The van der Waals surface area contributed by atoms with Gasteiger partial charge in [-0.3, -0.25) is 0 Å². The first-order valence-electron chi connectivity index (χ1n) is 4.41. The molecule has 0 bridgehead atoms. The SMILES string of the molecule is Cc1cn2cc(N=[C]([Pb])[Pb])nc(C)c2n1. The summed E-state index contributed by atoms with van der Waals surface area (Å²) >= 11 is 2.07. The average molecular weight is 587 g/mol. The Bertz CT molecular complexity index is 540. The normalized spacial score (nSPS) is 10.7. The Morgan fingerprint density at radius 1 is 1.27 bits per heavy atom. The first kappa shape index (κ1) is 11.6. The fraction of sp³-hybridized carbons (Fsp3) is 0.222. The van der Waals surface area contributed by atoms with E-state index in [9.17, 15) is 0 Å². The van der Waals surface area contributed by atoms with Gasteiger partial charge in [-0.2, -0.15) is 0 Å². The first-order chi connectivity index (χ1) is 7.06. The molecule has 0 aliphatic carbocycles. The van der Waals surface area contributed by atoms with Gasteiger partial charge in [0.2, 0.25) is 0 Å². The molecule has 72 valence electrons. The minimum atomic E-state index is 0.803. The molecule has 0 N–H and O–H groups in total. The Kier molecular flexibility index (Phi) is 3.53. The molecule has 0 aliphatic heterocycles. The third-order valence-corrected chi connectivity index (χ3v) is 2.81. The van der Waals surface area contributed by atoms with Crippen LogP contribution in [0, 0.1) is 13.8 Å². The summed E-state index contributed by atoms with van der Waals surface area (Å²) in [5.74, 6) is 0.803. The van der Waals surface area contributed by atoms with E-state index < -0.39 is 0 Å². The van der Waals surface area contributed by atoms with Gasteiger partial charge in [0.25, 0.3) is 0 Å². The van der Waals surface area contributed by atoms with Crippen molar-refractivity contribution in [1.29, 1.82) is 0 Å². The van der Waals surface area contributed by atoms with Crippen LogP contribution >= 0.6 is 0 Å². The Balaban J connectivity index is 2.66. The van der Waals surface area contributed by atoms with E-state index in [2.05, 4.69) is 15.0 Å². The molecule has 2 rings (SSSR count). The number of imidazole rings is 1. The molecule has 0 aliphatic rings. The van der Waals surface area contributed by atoms with Gasteiger partial charge in [0.05, 0.1) is 0 Å². The van der Waals surface area contributed by atoms with Crippen LogP contribution < -0.4 is 0 Å². The number of fused-ring (bicyclic) bond motifs is 1. The predicted molar refractivity (Wildman–Crippen MR) is 61.1 cm³/mol. The Morgan fingerprint density at radius 3 is 2.67 bits per heavy atom. The van der Waals surface area contributed by atoms with Crippen molar-refractivity contribution in [2.45, 2.75) is 13.8 Å². The van der Waals surface area contributed by atoms with E-state index in [0.29, 0.717) is 0 Å². The zero-order chi connectivity index (χ0) is 11.0. The monoisotopic (exact) mass is 588 g/mol. The van der Waals surface area contributed by atoms with Gasteiger partial charge in [0.1, 0.15) is 0 Å². The number of aromatic nitrogens is 3. The van der Waals surface area contributed by atoms with Crippen molar-refractivity contribution in [3.63, 3.8) is 0 Å². The maximum absolute atomic E-state index is 4.46. The van der Waals surface area contributed by atoms with Gasteiger partial charge in [-0.05, 0) is 0 Å². The van der Waals surface area contributed by atoms with Crippen molar-refractivity contribution < 1.29 is 0 Å². The molecule has 0 atom stereocenters. The van der Waals surface area contributed by atoms with Crippen molar-refractivity contribution in [2.75, 3.05) is 0 Å². The second-order valence-electron chi connectivity index (χ2n) is 3.26. The number of aliphatic imine (C=N–C) groups is 1. The van der Waals surface area contributed by atoms with Gasteiger partial charge < -0.3 is 0 Å². The van der Waals surface area contributed by atoms with Crippen LogP contribution in [0.5, 0.6) is 0 Å². The van der Waals surface area contributed by atoms with Crippen LogP contribution in [0.3, 0.4) is 0 Å². The van der Waals surface area contributed by atoms with Crippen LogP contribution in [0.2, 0.25) is 0 Å². The molecular formula is C9H8N4Pb2. The van der Waals surface area contributed by atoms with E-state index in [1.165, 1.54) is 0.830 Å². The van der Waals surface area contributed by atoms with Crippen molar-refractivity contribution in [1.82, 2.24) is 14.4 Å². The van der Waals surface area contributed by atoms with Gasteiger partial charge in [-0.25, -0.2) is 0 Å². The first-order valence-corrected chi connectivity index (χ1v) is 8.30. The van der Waals surface area contributed by atoms with E-state index in [1.54, 1.807) is 0 Å². The summed E-state index contributed by atoms with van der Waals surface area (Å²) in [5, 5.41) is 0. The summed E-state index contributed by atoms with van der Waals surface area (Å²) in [6.45, 7) is 3.96. The van der Waals surface area contributed by atoms with E-state index in [1.807, 2.05) is 30.6 Å². The number of hydrogen-bond donors (Lipinski definition) is 0. The molecule has 6 heteroatoms. The van der Waals surface area contributed by atoms with Crippen molar-refractivity contribution in [3.8, 4) is 0 Å². The zero-order valence-electron chi connectivity index (χ0n) is 8.44. The zero-order valence-corrected chi connectivity index (χ0v) is 16.2. The average Bonchev–Trinajstić information content (AvgIpc) is 2.44. The van der Waals surface area contributed by atoms with Crippen LogP contribution in [-0.4, -0.2) is 66.7 Å². The summed E-state index contributed by atoms with van der Waals surface area (Å²) in [6, 6.07) is 0. The molecule has 0 fully saturated rings. The Hall–Kier alpha value is 0.134. The molecule has 0 aromatic carbocycles. The number of rotatable bonds is 1. The minimum absolute atomic E-state index is 0.803. The van der Waals surface area contributed by atoms with Gasteiger partial charge in [0, 0.05) is 0 Å². The second kappa shape index (κ2) is 4.56. The summed E-state index contributed by atoms with van der Waals surface area (Å²) in [7, 11) is 0. The predicted octanol–water partition coefficient (Wildman–Crippen LogP) is 0.671. The van der Waals surface area contributed by atoms with E-state index in [4.69, 9.17) is 0 Å². The van der Waals surface area contributed by atoms with Gasteiger partial charge in [-0.1, -0.05) is 0 Å². The number of hydrogen-bond acceptors (Lipinski definition) is 3. The Morgan fingerprint density at radius 2 is 2.00 bits per heavy atom. The second-order valence-corrected chi connectivity index (χ2v) is 14.5. The molecular weight excluding hydrogens is 579 g/mol.